The summed E-state index contributed by atoms with van der Waals surface area (Å²) in [7, 11) is 0. The molecule has 0 spiro atoms. The van der Waals surface area contributed by atoms with Crippen LogP contribution < -0.4 is 27.4 Å². The van der Waals surface area contributed by atoms with E-state index in [1.165, 1.54) is 13.8 Å². The number of carbonyl (C=O) groups excluding carboxylic acids is 2. The fourth-order valence-corrected chi connectivity index (χ4v) is 7.91. The normalized spacial score (nSPS) is 12.3. The first-order valence-corrected chi connectivity index (χ1v) is 22.2. The molecule has 0 fully saturated rings. The Bertz CT molecular complexity index is 2840. The Morgan fingerprint density at radius 2 is 1.03 bits per heavy atom. The maximum atomic E-state index is 11.2. The van der Waals surface area contributed by atoms with Crippen molar-refractivity contribution in [3.8, 4) is 11.4 Å². The van der Waals surface area contributed by atoms with Gasteiger partial charge in [-0.05, 0) is 128 Å². The van der Waals surface area contributed by atoms with Crippen molar-refractivity contribution in [3.05, 3.63) is 170 Å². The van der Waals surface area contributed by atoms with Crippen LogP contribution in [0.3, 0.4) is 0 Å². The van der Waals surface area contributed by atoms with Gasteiger partial charge in [-0.25, -0.2) is 9.97 Å². The second kappa shape index (κ2) is 20.8. The van der Waals surface area contributed by atoms with Crippen molar-refractivity contribution < 1.29 is 9.59 Å². The maximum absolute atomic E-state index is 11.2. The predicted octanol–water partition coefficient (Wildman–Crippen LogP) is 11.8. The van der Waals surface area contributed by atoms with E-state index in [1.807, 2.05) is 129 Å². The quantitative estimate of drug-likeness (QED) is 0.0901. The van der Waals surface area contributed by atoms with Gasteiger partial charge in [-0.2, -0.15) is 0 Å². The molecule has 2 heterocycles. The summed E-state index contributed by atoms with van der Waals surface area (Å²) < 4.78 is 7.21. The van der Waals surface area contributed by atoms with Crippen molar-refractivity contribution in [2.24, 2.45) is 5.73 Å². The molecule has 0 aliphatic carbocycles. The number of hydrogen-bond acceptors (Lipinski definition) is 7. The van der Waals surface area contributed by atoms with E-state index >= 15 is 0 Å². The molecule has 0 saturated heterocycles. The van der Waals surface area contributed by atoms with Crippen molar-refractivity contribution in [3.63, 3.8) is 0 Å². The fourth-order valence-electron chi connectivity index (χ4n) is 6.74. The molecular weight excluding hydrogens is 974 g/mol. The third-order valence-electron chi connectivity index (χ3n) is 9.86. The number of rotatable bonds is 9. The molecule has 0 unspecified atom stereocenters. The van der Waals surface area contributed by atoms with Gasteiger partial charge in [0, 0.05) is 50.4 Å². The van der Waals surface area contributed by atoms with Crippen molar-refractivity contribution in [2.75, 3.05) is 11.1 Å². The number of imidazole rings is 2. The molecule has 62 heavy (non-hydrogen) atoms. The van der Waals surface area contributed by atoms with Crippen molar-refractivity contribution in [1.29, 1.82) is 0 Å². The minimum Gasteiger partial charge on any atom is -0.397 e. The first kappa shape index (κ1) is 45.7. The van der Waals surface area contributed by atoms with E-state index in [4.69, 9.17) is 11.5 Å². The summed E-state index contributed by atoms with van der Waals surface area (Å²) in [6.45, 7) is 8.90. The van der Waals surface area contributed by atoms with Gasteiger partial charge >= 0.3 is 0 Å². The second-order valence-electron chi connectivity index (χ2n) is 14.8. The number of nitrogen functional groups attached to an aromatic ring is 1. The number of nitrogens with one attached hydrogen (secondary N) is 3. The Balaban J connectivity index is 0.000000156. The second-order valence-corrected chi connectivity index (χ2v) is 17.5. The summed E-state index contributed by atoms with van der Waals surface area (Å²) in [5.74, 6) is -0.0929. The molecule has 8 aromatic rings. The summed E-state index contributed by atoms with van der Waals surface area (Å²) in [5.41, 5.74) is 23.7. The van der Waals surface area contributed by atoms with Crippen LogP contribution in [0.2, 0.25) is 0 Å². The minimum absolute atomic E-state index is 0.0282. The van der Waals surface area contributed by atoms with Crippen molar-refractivity contribution >= 4 is 98.7 Å². The lowest BCUT2D eigenvalue weighted by Crippen LogP contribution is -2.23. The van der Waals surface area contributed by atoms with E-state index in [9.17, 15) is 9.59 Å². The Kier molecular flexibility index (Phi) is 15.4. The zero-order chi connectivity index (χ0) is 44.5. The van der Waals surface area contributed by atoms with Crippen molar-refractivity contribution in [2.45, 2.75) is 52.7 Å². The highest BCUT2D eigenvalue weighted by atomic mass is 79.9. The average Bonchev–Trinajstić information content (AvgIpc) is 3.86. The van der Waals surface area contributed by atoms with Crippen LogP contribution >= 0.6 is 47.8 Å². The number of anilines is 3. The van der Waals surface area contributed by atoms with E-state index in [2.05, 4.69) is 115 Å². The molecule has 0 saturated carbocycles. The summed E-state index contributed by atoms with van der Waals surface area (Å²) in [6, 6.07) is 42.1. The number of nitrogens with zero attached hydrogens (tertiary/aromatic N) is 4. The molecule has 8 rings (SSSR count). The molecule has 11 nitrogen and oxygen atoms in total. The fraction of sp³-hybridized carbons (Fsp3) is 0.167. The zero-order valence-corrected chi connectivity index (χ0v) is 39.7. The molecule has 0 aliphatic rings. The molecule has 0 aliphatic heterocycles. The highest BCUT2D eigenvalue weighted by Crippen LogP contribution is 2.29. The van der Waals surface area contributed by atoms with E-state index in [0.29, 0.717) is 5.69 Å². The number of aromatic nitrogens is 4. The smallest absolute Gasteiger partial charge is 0.217 e. The number of nitrogens with two attached hydrogens (primary N) is 2. The number of amides is 2. The van der Waals surface area contributed by atoms with Crippen LogP contribution in [0.5, 0.6) is 0 Å². The molecule has 0 bridgehead atoms. The Labute approximate surface area is 386 Å². The van der Waals surface area contributed by atoms with Crippen molar-refractivity contribution in [1.82, 2.24) is 29.7 Å². The van der Waals surface area contributed by atoms with Crippen LogP contribution in [0.25, 0.3) is 33.4 Å². The monoisotopic (exact) mass is 1020 g/mol. The zero-order valence-electron chi connectivity index (χ0n) is 34.9. The topological polar surface area (TPSA) is 158 Å². The van der Waals surface area contributed by atoms with Crippen LogP contribution in [-0.4, -0.2) is 30.9 Å². The van der Waals surface area contributed by atoms with Crippen LogP contribution in [0.1, 0.15) is 69.4 Å². The molecule has 14 heteroatoms. The highest BCUT2D eigenvalue weighted by Gasteiger charge is 2.12. The number of halogens is 3. The maximum Gasteiger partial charge on any atom is 0.217 e. The van der Waals surface area contributed by atoms with Gasteiger partial charge in [0.05, 0.1) is 45.5 Å². The van der Waals surface area contributed by atoms with Crippen LogP contribution in [0.4, 0.5) is 17.1 Å². The summed E-state index contributed by atoms with van der Waals surface area (Å²) >= 11 is 10.4. The van der Waals surface area contributed by atoms with Gasteiger partial charge in [-0.1, -0.05) is 84.2 Å². The van der Waals surface area contributed by atoms with E-state index in [0.717, 1.165) is 74.9 Å². The largest absolute Gasteiger partial charge is 0.397 e. The lowest BCUT2D eigenvalue weighted by molar-refractivity contribution is -0.120. The van der Waals surface area contributed by atoms with E-state index in [1.54, 1.807) is 0 Å². The summed E-state index contributed by atoms with van der Waals surface area (Å²) in [4.78, 5) is 31.2. The number of carbonyl (C=O) groups is 2. The number of hydrogen-bond donors (Lipinski definition) is 5. The first-order valence-electron chi connectivity index (χ1n) is 19.8. The van der Waals surface area contributed by atoms with Crippen LogP contribution in [0.15, 0.2) is 153 Å². The summed E-state index contributed by atoms with van der Waals surface area (Å²) in [6.07, 6.45) is 3.66. The molecule has 7 N–H and O–H groups in total. The van der Waals surface area contributed by atoms with E-state index in [-0.39, 0.29) is 29.9 Å². The average molecular weight is 1020 g/mol. The Hall–Kier alpha value is -5.80. The van der Waals surface area contributed by atoms with Gasteiger partial charge in [0.1, 0.15) is 12.7 Å². The van der Waals surface area contributed by atoms with E-state index < -0.39 is 0 Å². The lowest BCUT2D eigenvalue weighted by atomic mass is 10.1. The van der Waals surface area contributed by atoms with Gasteiger partial charge in [0.2, 0.25) is 11.8 Å². The SMILES string of the molecule is CC(=O)N[C@H](C)c1ccc(Nc2cccc(Br)c2)c(N)c1.CC(=O)N[C@H](C)c1ccc2c(c1)ncn2-c1cccc(Br)c1.C[C@@H](N)c1ccc2c(c1)ncn2-c1cccc(Br)c1. The molecular formula is C48H48Br3N9O2. The third-order valence-corrected chi connectivity index (χ3v) is 11.3. The molecule has 3 atom stereocenters. The Morgan fingerprint density at radius 1 is 0.581 bits per heavy atom. The Morgan fingerprint density at radius 3 is 1.50 bits per heavy atom. The van der Waals surface area contributed by atoms with Gasteiger partial charge < -0.3 is 27.4 Å². The standard InChI is InChI=1S/C17H16BrN3O.C16H18BrN3O.C15H14BrN3/c1-11(20-12(2)22)13-6-7-17-16(8-13)19-10-21(17)15-5-3-4-14(18)9-15;1-10(19-11(2)21)12-6-7-16(15(18)8-12)20-14-5-3-4-13(17)9-14;1-10(17)11-5-6-15-14(7-11)18-9-19(15)13-4-2-3-12(16)8-13/h3-11H,1-2H3,(H,20,22);3-10,20H,18H2,1-2H3,(H,19,21);2-10H,17H2,1H3/t11-;2*10-/m111/s1. The van der Waals surface area contributed by atoms with Gasteiger partial charge in [-0.3, -0.25) is 18.7 Å². The lowest BCUT2D eigenvalue weighted by Gasteiger charge is -2.16. The molecule has 6 aromatic carbocycles. The molecule has 2 aromatic heterocycles. The van der Waals surface area contributed by atoms with Crippen LogP contribution in [-0.2, 0) is 9.59 Å². The molecule has 2 amide bonds. The first-order chi connectivity index (χ1) is 29.6. The number of benzene rings is 6. The predicted molar refractivity (Wildman–Crippen MR) is 263 cm³/mol. The van der Waals surface area contributed by atoms with Gasteiger partial charge in [0.15, 0.2) is 0 Å². The molecule has 318 valence electrons. The van der Waals surface area contributed by atoms with Gasteiger partial charge in [0.25, 0.3) is 0 Å². The molecule has 0 radical (unpaired) electrons. The summed E-state index contributed by atoms with van der Waals surface area (Å²) in [5, 5.41) is 9.01. The highest BCUT2D eigenvalue weighted by molar-refractivity contribution is 9.11. The van der Waals surface area contributed by atoms with Gasteiger partial charge in [-0.15, -0.1) is 0 Å². The number of fused-ring (bicyclic) bond motifs is 2. The third kappa shape index (κ3) is 12.0. The minimum atomic E-state index is -0.0651. The van der Waals surface area contributed by atoms with Crippen LogP contribution in [0, 0.1) is 0 Å².